The number of unbranched alkanes of at least 4 members (excludes halogenated alkanes) is 8. The number of nitrogens with two attached hydrogens (primary N) is 1. The maximum absolute atomic E-state index is 12.0. The molecule has 0 aromatic carbocycles. The van der Waals surface area contributed by atoms with Gasteiger partial charge < -0.3 is 36.4 Å². The minimum absolute atomic E-state index is 0.158. The van der Waals surface area contributed by atoms with E-state index in [4.69, 9.17) is 15.9 Å². The Hall–Kier alpha value is -1.36. The first-order valence-corrected chi connectivity index (χ1v) is 12.2. The minimum atomic E-state index is -1.68. The van der Waals surface area contributed by atoms with Crippen molar-refractivity contribution >= 4 is 11.8 Å². The van der Waals surface area contributed by atoms with Gasteiger partial charge in [-0.1, -0.05) is 50.7 Å². The molecule has 0 amide bonds. The molecule has 0 aliphatic rings. The third-order valence-corrected chi connectivity index (χ3v) is 5.72. The van der Waals surface area contributed by atoms with Gasteiger partial charge in [-0.3, -0.25) is 9.59 Å². The van der Waals surface area contributed by atoms with Gasteiger partial charge in [0.2, 0.25) is 0 Å². The summed E-state index contributed by atoms with van der Waals surface area (Å²) in [6.07, 6.45) is 9.48. The molecule has 0 heterocycles. The number of carbonyl (C=O) groups is 2. The SMILES string of the molecule is N[C@@H](C(=O)CCCCCC[C@@H](O)CC=CCCCCCCCC(=O)O)[C@@H](O)[C@H](O)[C@H](O)CO. The smallest absolute Gasteiger partial charge is 0.303 e. The molecule has 0 saturated heterocycles. The molecule has 9 heteroatoms. The Bertz CT molecular complexity index is 543. The lowest BCUT2D eigenvalue weighted by atomic mass is 9.95. The summed E-state index contributed by atoms with van der Waals surface area (Å²) in [5.74, 6) is -1.14. The second kappa shape index (κ2) is 20.1. The number of hydrogen-bond acceptors (Lipinski definition) is 8. The van der Waals surface area contributed by atoms with Crippen LogP contribution < -0.4 is 5.73 Å². The number of carboxylic acids is 1. The van der Waals surface area contributed by atoms with Gasteiger partial charge in [0.05, 0.1) is 18.8 Å². The number of carboxylic acid groups (broad SMARTS) is 1. The summed E-state index contributed by atoms with van der Waals surface area (Å²) in [5.41, 5.74) is 5.64. The number of rotatable bonds is 22. The highest BCUT2D eigenvalue weighted by Crippen LogP contribution is 2.13. The highest BCUT2D eigenvalue weighted by molar-refractivity contribution is 5.84. The molecule has 0 rings (SSSR count). The first kappa shape index (κ1) is 31.6. The van der Waals surface area contributed by atoms with Crippen LogP contribution in [0, 0.1) is 0 Å². The lowest BCUT2D eigenvalue weighted by molar-refractivity contribution is -0.137. The number of Topliss-reactive ketones (excluding diaryl/α,β-unsaturated/α-hetero) is 1. The number of aliphatic carboxylic acids is 1. The van der Waals surface area contributed by atoms with Crippen LogP contribution >= 0.6 is 0 Å². The van der Waals surface area contributed by atoms with E-state index < -0.39 is 42.7 Å². The van der Waals surface area contributed by atoms with Crippen LogP contribution in [-0.4, -0.2) is 79.5 Å². The second-order valence-electron chi connectivity index (χ2n) is 8.74. The highest BCUT2D eigenvalue weighted by atomic mass is 16.4. The van der Waals surface area contributed by atoms with Crippen molar-refractivity contribution in [2.24, 2.45) is 5.73 Å². The fourth-order valence-corrected chi connectivity index (χ4v) is 3.50. The molecule has 0 unspecified atom stereocenters. The van der Waals surface area contributed by atoms with Crippen LogP contribution in [0.5, 0.6) is 0 Å². The summed E-state index contributed by atoms with van der Waals surface area (Å²) in [5, 5.41) is 56.1. The quantitative estimate of drug-likeness (QED) is 0.0899. The van der Waals surface area contributed by atoms with Crippen molar-refractivity contribution in [1.82, 2.24) is 0 Å². The molecule has 0 fully saturated rings. The van der Waals surface area contributed by atoms with Crippen LogP contribution in [0.2, 0.25) is 0 Å². The number of aliphatic hydroxyl groups excluding tert-OH is 5. The van der Waals surface area contributed by atoms with Crippen molar-refractivity contribution in [2.75, 3.05) is 6.61 Å². The molecule has 0 bridgehead atoms. The zero-order valence-corrected chi connectivity index (χ0v) is 19.7. The zero-order chi connectivity index (χ0) is 25.1. The molecule has 0 aliphatic carbocycles. The van der Waals surface area contributed by atoms with E-state index in [1.54, 1.807) is 0 Å². The lowest BCUT2D eigenvalue weighted by Gasteiger charge is -2.25. The molecule has 194 valence electrons. The summed E-state index contributed by atoms with van der Waals surface area (Å²) in [4.78, 5) is 22.4. The van der Waals surface area contributed by atoms with Crippen LogP contribution in [-0.2, 0) is 9.59 Å². The molecule has 0 saturated carbocycles. The van der Waals surface area contributed by atoms with Crippen LogP contribution in [0.1, 0.15) is 89.9 Å². The molecule has 33 heavy (non-hydrogen) atoms. The van der Waals surface area contributed by atoms with E-state index in [0.29, 0.717) is 19.3 Å². The molecule has 0 aromatic heterocycles. The molecular weight excluding hydrogens is 430 g/mol. The second-order valence-corrected chi connectivity index (χ2v) is 8.74. The number of aliphatic hydroxyl groups is 5. The minimum Gasteiger partial charge on any atom is -0.481 e. The van der Waals surface area contributed by atoms with E-state index in [0.717, 1.165) is 57.8 Å². The highest BCUT2D eigenvalue weighted by Gasteiger charge is 2.32. The standard InChI is InChI=1S/C24H45NO8/c25-22(24(33)23(32)20(29)17-26)19(28)15-11-8-7-10-14-18(27)13-9-5-3-1-2-4-6-12-16-21(30)31/h5,9,18,20,22-24,26-27,29,32-33H,1-4,6-8,10-17,25H2,(H,30,31)/t18-,20+,22-,23+,24+/m0/s1. The van der Waals surface area contributed by atoms with Gasteiger partial charge in [0.1, 0.15) is 18.3 Å². The number of hydrogen-bond donors (Lipinski definition) is 7. The van der Waals surface area contributed by atoms with Crippen LogP contribution in [0.4, 0.5) is 0 Å². The molecule has 8 N–H and O–H groups in total. The van der Waals surface area contributed by atoms with E-state index in [1.807, 2.05) is 6.08 Å². The third-order valence-electron chi connectivity index (χ3n) is 5.72. The maximum Gasteiger partial charge on any atom is 0.303 e. The van der Waals surface area contributed by atoms with Gasteiger partial charge in [-0.15, -0.1) is 0 Å². The lowest BCUT2D eigenvalue weighted by Crippen LogP contribution is -2.52. The van der Waals surface area contributed by atoms with Crippen LogP contribution in [0.15, 0.2) is 12.2 Å². The number of carbonyl (C=O) groups excluding carboxylic acids is 1. The summed E-state index contributed by atoms with van der Waals surface area (Å²) in [6, 6.07) is -1.31. The maximum atomic E-state index is 12.0. The third kappa shape index (κ3) is 16.8. The van der Waals surface area contributed by atoms with E-state index in [1.165, 1.54) is 0 Å². The van der Waals surface area contributed by atoms with Gasteiger partial charge in [0.25, 0.3) is 0 Å². The van der Waals surface area contributed by atoms with E-state index in [2.05, 4.69) is 6.08 Å². The summed E-state index contributed by atoms with van der Waals surface area (Å²) in [6.45, 7) is -0.738. The van der Waals surface area contributed by atoms with Gasteiger partial charge in [-0.2, -0.15) is 0 Å². The largest absolute Gasteiger partial charge is 0.481 e. The van der Waals surface area contributed by atoms with E-state index >= 15 is 0 Å². The predicted octanol–water partition coefficient (Wildman–Crippen LogP) is 1.42. The van der Waals surface area contributed by atoms with Crippen molar-refractivity contribution in [2.45, 2.75) is 120 Å². The fourth-order valence-electron chi connectivity index (χ4n) is 3.50. The Labute approximate surface area is 197 Å². The summed E-state index contributed by atoms with van der Waals surface area (Å²) < 4.78 is 0. The first-order valence-electron chi connectivity index (χ1n) is 12.2. The van der Waals surface area contributed by atoms with Crippen molar-refractivity contribution in [3.63, 3.8) is 0 Å². The average molecular weight is 476 g/mol. The van der Waals surface area contributed by atoms with Gasteiger partial charge in [0.15, 0.2) is 5.78 Å². The van der Waals surface area contributed by atoms with Crippen LogP contribution in [0.25, 0.3) is 0 Å². The first-order chi connectivity index (χ1) is 15.7. The summed E-state index contributed by atoms with van der Waals surface area (Å²) >= 11 is 0. The molecule has 9 nitrogen and oxygen atoms in total. The number of allylic oxidation sites excluding steroid dienone is 1. The Kier molecular flexibility index (Phi) is 19.2. The van der Waals surface area contributed by atoms with Gasteiger partial charge in [-0.05, 0) is 38.5 Å². The topological polar surface area (TPSA) is 182 Å². The number of ketones is 1. The van der Waals surface area contributed by atoms with Crippen molar-refractivity contribution < 1.29 is 40.2 Å². The molecule has 0 aliphatic heterocycles. The van der Waals surface area contributed by atoms with Crippen molar-refractivity contribution in [1.29, 1.82) is 0 Å². The zero-order valence-electron chi connectivity index (χ0n) is 19.7. The Morgan fingerprint density at radius 3 is 1.97 bits per heavy atom. The van der Waals surface area contributed by atoms with Gasteiger partial charge in [0, 0.05) is 12.8 Å². The average Bonchev–Trinajstić information content (AvgIpc) is 2.79. The van der Waals surface area contributed by atoms with Crippen LogP contribution in [0.3, 0.4) is 0 Å². The molecule has 5 atom stereocenters. The normalized spacial score (nSPS) is 16.4. The Morgan fingerprint density at radius 2 is 1.33 bits per heavy atom. The fraction of sp³-hybridized carbons (Fsp3) is 0.833. The summed E-state index contributed by atoms with van der Waals surface area (Å²) in [7, 11) is 0. The molecule has 0 radical (unpaired) electrons. The Morgan fingerprint density at radius 1 is 0.758 bits per heavy atom. The van der Waals surface area contributed by atoms with Gasteiger partial charge in [-0.25, -0.2) is 0 Å². The molecule has 0 spiro atoms. The molecule has 0 aromatic rings. The van der Waals surface area contributed by atoms with Crippen molar-refractivity contribution in [3.8, 4) is 0 Å². The molecular formula is C24H45NO8. The Balaban J connectivity index is 3.69. The van der Waals surface area contributed by atoms with E-state index in [-0.39, 0.29) is 18.9 Å². The van der Waals surface area contributed by atoms with Gasteiger partial charge >= 0.3 is 5.97 Å². The monoisotopic (exact) mass is 475 g/mol. The predicted molar refractivity (Wildman–Crippen MR) is 126 cm³/mol. The van der Waals surface area contributed by atoms with E-state index in [9.17, 15) is 30.0 Å². The van der Waals surface area contributed by atoms with Crippen molar-refractivity contribution in [3.05, 3.63) is 12.2 Å².